The van der Waals surface area contributed by atoms with Gasteiger partial charge in [-0.2, -0.15) is 0 Å². The first-order chi connectivity index (χ1) is 9.08. The van der Waals surface area contributed by atoms with Gasteiger partial charge in [-0.1, -0.05) is 0 Å². The molecule has 1 aliphatic rings. The molecule has 6 nitrogen and oxygen atoms in total. The largest absolute Gasteiger partial charge is 0.476 e. The van der Waals surface area contributed by atoms with Gasteiger partial charge in [0.25, 0.3) is 0 Å². The Morgan fingerprint density at radius 2 is 2.32 bits per heavy atom. The van der Waals surface area contributed by atoms with Crippen LogP contribution in [0.25, 0.3) is 4.96 Å². The molecule has 2 aromatic heterocycles. The number of aromatic carboxylic acids is 1. The van der Waals surface area contributed by atoms with Crippen molar-refractivity contribution in [2.75, 3.05) is 31.6 Å². The van der Waals surface area contributed by atoms with E-state index in [-0.39, 0.29) is 11.7 Å². The van der Waals surface area contributed by atoms with E-state index in [9.17, 15) is 9.90 Å². The van der Waals surface area contributed by atoms with Gasteiger partial charge in [0.2, 0.25) is 0 Å². The lowest BCUT2D eigenvalue weighted by molar-refractivity contribution is 0.0690. The number of piperazine rings is 1. The molecule has 1 atom stereocenters. The average molecular weight is 280 g/mol. The Balaban J connectivity index is 2.06. The SMILES string of the molecule is CC1CN(C)CCN1c1nc2sccn2c1C(=O)O. The summed E-state index contributed by atoms with van der Waals surface area (Å²) in [5, 5.41) is 11.3. The van der Waals surface area contributed by atoms with E-state index in [1.807, 2.05) is 5.38 Å². The number of rotatable bonds is 2. The zero-order chi connectivity index (χ0) is 13.6. The van der Waals surface area contributed by atoms with Crippen molar-refractivity contribution in [1.82, 2.24) is 14.3 Å². The number of carboxylic acid groups (broad SMARTS) is 1. The summed E-state index contributed by atoms with van der Waals surface area (Å²) >= 11 is 1.46. The summed E-state index contributed by atoms with van der Waals surface area (Å²) in [5.41, 5.74) is 0.271. The van der Waals surface area contributed by atoms with E-state index < -0.39 is 5.97 Å². The molecule has 1 aliphatic heterocycles. The molecule has 0 amide bonds. The van der Waals surface area contributed by atoms with Crippen molar-refractivity contribution in [3.05, 3.63) is 17.3 Å². The summed E-state index contributed by atoms with van der Waals surface area (Å²) in [4.78, 5) is 21.1. The van der Waals surface area contributed by atoms with E-state index in [0.29, 0.717) is 5.82 Å². The highest BCUT2D eigenvalue weighted by Crippen LogP contribution is 2.27. The normalized spacial score (nSPS) is 21.2. The van der Waals surface area contributed by atoms with Gasteiger partial charge in [-0.25, -0.2) is 9.78 Å². The van der Waals surface area contributed by atoms with Crippen molar-refractivity contribution in [2.45, 2.75) is 13.0 Å². The van der Waals surface area contributed by atoms with Gasteiger partial charge in [0.1, 0.15) is 0 Å². The third-order valence-electron chi connectivity index (χ3n) is 3.55. The van der Waals surface area contributed by atoms with Crippen LogP contribution in [0.15, 0.2) is 11.6 Å². The van der Waals surface area contributed by atoms with Gasteiger partial charge < -0.3 is 14.9 Å². The van der Waals surface area contributed by atoms with Crippen LogP contribution in [0.3, 0.4) is 0 Å². The summed E-state index contributed by atoms with van der Waals surface area (Å²) in [7, 11) is 2.08. The van der Waals surface area contributed by atoms with Crippen LogP contribution in [0.1, 0.15) is 17.4 Å². The molecule has 2 aromatic rings. The molecule has 1 saturated heterocycles. The van der Waals surface area contributed by atoms with E-state index >= 15 is 0 Å². The molecular formula is C12H16N4O2S. The second-order valence-electron chi connectivity index (χ2n) is 4.95. The quantitative estimate of drug-likeness (QED) is 0.896. The van der Waals surface area contributed by atoms with Gasteiger partial charge in [-0.3, -0.25) is 4.40 Å². The lowest BCUT2D eigenvalue weighted by Crippen LogP contribution is -2.51. The van der Waals surface area contributed by atoms with Crippen LogP contribution in [0.4, 0.5) is 5.82 Å². The van der Waals surface area contributed by atoms with Crippen LogP contribution in [0, 0.1) is 0 Å². The summed E-state index contributed by atoms with van der Waals surface area (Å²) < 4.78 is 1.66. The lowest BCUT2D eigenvalue weighted by Gasteiger charge is -2.38. The maximum atomic E-state index is 11.5. The highest BCUT2D eigenvalue weighted by molar-refractivity contribution is 7.15. The summed E-state index contributed by atoms with van der Waals surface area (Å²) in [6.07, 6.45) is 1.76. The maximum Gasteiger partial charge on any atom is 0.356 e. The van der Waals surface area contributed by atoms with Crippen LogP contribution in [0.5, 0.6) is 0 Å². The van der Waals surface area contributed by atoms with Crippen LogP contribution < -0.4 is 4.90 Å². The van der Waals surface area contributed by atoms with Crippen molar-refractivity contribution < 1.29 is 9.90 Å². The minimum Gasteiger partial charge on any atom is -0.476 e. The number of aromatic nitrogens is 2. The number of anilines is 1. The van der Waals surface area contributed by atoms with Crippen molar-refractivity contribution in [3.8, 4) is 0 Å². The topological polar surface area (TPSA) is 61.1 Å². The number of likely N-dealkylation sites (N-methyl/N-ethyl adjacent to an activating group) is 1. The van der Waals surface area contributed by atoms with Gasteiger partial charge in [-0.15, -0.1) is 11.3 Å². The Morgan fingerprint density at radius 3 is 3.00 bits per heavy atom. The number of carbonyl (C=O) groups is 1. The molecule has 0 radical (unpaired) electrons. The van der Waals surface area contributed by atoms with E-state index in [4.69, 9.17) is 0 Å². The first-order valence-electron chi connectivity index (χ1n) is 6.22. The van der Waals surface area contributed by atoms with Crippen LogP contribution in [0.2, 0.25) is 0 Å². The zero-order valence-electron chi connectivity index (χ0n) is 10.9. The monoisotopic (exact) mass is 280 g/mol. The van der Waals surface area contributed by atoms with Gasteiger partial charge in [-0.05, 0) is 14.0 Å². The second kappa shape index (κ2) is 4.50. The molecule has 7 heteroatoms. The maximum absolute atomic E-state index is 11.5. The Bertz CT molecular complexity index is 620. The van der Waals surface area contributed by atoms with Crippen molar-refractivity contribution in [1.29, 1.82) is 0 Å². The molecule has 19 heavy (non-hydrogen) atoms. The molecule has 0 spiro atoms. The highest BCUT2D eigenvalue weighted by Gasteiger charge is 2.29. The van der Waals surface area contributed by atoms with E-state index in [1.54, 1.807) is 10.6 Å². The third kappa shape index (κ3) is 1.98. The molecule has 1 fully saturated rings. The Labute approximate surface area is 114 Å². The highest BCUT2D eigenvalue weighted by atomic mass is 32.1. The number of fused-ring (bicyclic) bond motifs is 1. The minimum atomic E-state index is -0.924. The summed E-state index contributed by atoms with van der Waals surface area (Å²) in [6.45, 7) is 4.76. The van der Waals surface area contributed by atoms with Gasteiger partial charge >= 0.3 is 5.97 Å². The van der Waals surface area contributed by atoms with Crippen molar-refractivity contribution >= 4 is 28.1 Å². The lowest BCUT2D eigenvalue weighted by atomic mass is 10.2. The second-order valence-corrected chi connectivity index (χ2v) is 5.82. The number of thiazole rings is 1. The molecule has 0 aliphatic carbocycles. The first kappa shape index (κ1) is 12.4. The number of carboxylic acids is 1. The molecule has 0 saturated carbocycles. The minimum absolute atomic E-state index is 0.265. The van der Waals surface area contributed by atoms with Crippen molar-refractivity contribution in [3.63, 3.8) is 0 Å². The molecule has 0 aromatic carbocycles. The molecule has 3 rings (SSSR count). The van der Waals surface area contributed by atoms with Crippen LogP contribution in [-0.4, -0.2) is 58.1 Å². The smallest absolute Gasteiger partial charge is 0.356 e. The van der Waals surface area contributed by atoms with E-state index in [0.717, 1.165) is 24.6 Å². The van der Waals surface area contributed by atoms with Gasteiger partial charge in [0.15, 0.2) is 16.5 Å². The van der Waals surface area contributed by atoms with E-state index in [1.165, 1.54) is 11.3 Å². The van der Waals surface area contributed by atoms with Crippen LogP contribution in [-0.2, 0) is 0 Å². The standard InChI is InChI=1S/C12H16N4O2S/c1-8-7-14(2)3-4-15(8)10-9(11(17)18)16-5-6-19-12(16)13-10/h5-6,8H,3-4,7H2,1-2H3,(H,17,18). The van der Waals surface area contributed by atoms with Gasteiger partial charge in [0.05, 0.1) is 0 Å². The van der Waals surface area contributed by atoms with Crippen LogP contribution >= 0.6 is 11.3 Å². The third-order valence-corrected chi connectivity index (χ3v) is 4.31. The first-order valence-corrected chi connectivity index (χ1v) is 7.10. The molecule has 1 N–H and O–H groups in total. The van der Waals surface area contributed by atoms with E-state index in [2.05, 4.69) is 28.8 Å². The van der Waals surface area contributed by atoms with Crippen molar-refractivity contribution in [2.24, 2.45) is 0 Å². The fourth-order valence-electron chi connectivity index (χ4n) is 2.63. The predicted molar refractivity (Wildman–Crippen MR) is 74.3 cm³/mol. The molecular weight excluding hydrogens is 264 g/mol. The molecule has 102 valence electrons. The Morgan fingerprint density at radius 1 is 1.53 bits per heavy atom. The number of hydrogen-bond donors (Lipinski definition) is 1. The zero-order valence-corrected chi connectivity index (χ0v) is 11.7. The summed E-state index contributed by atoms with van der Waals surface area (Å²) in [5.74, 6) is -0.327. The Hall–Kier alpha value is -1.60. The fraction of sp³-hybridized carbons (Fsp3) is 0.500. The predicted octanol–water partition coefficient (Wildman–Crippen LogP) is 1.23. The molecule has 1 unspecified atom stereocenters. The average Bonchev–Trinajstić information content (AvgIpc) is 2.87. The summed E-state index contributed by atoms with van der Waals surface area (Å²) in [6, 6.07) is 0.265. The Kier molecular flexibility index (Phi) is 2.94. The van der Waals surface area contributed by atoms with Gasteiger partial charge in [0, 0.05) is 37.3 Å². The molecule has 3 heterocycles. The fourth-order valence-corrected chi connectivity index (χ4v) is 3.34. The number of nitrogens with zero attached hydrogens (tertiary/aromatic N) is 4. The number of imidazole rings is 1. The molecule has 0 bridgehead atoms. The number of hydrogen-bond acceptors (Lipinski definition) is 5.